The van der Waals surface area contributed by atoms with Crippen LogP contribution in [0.3, 0.4) is 0 Å². The number of piperidine rings is 1. The average Bonchev–Trinajstić information content (AvgIpc) is 2.94. The maximum absolute atomic E-state index is 13.2. The standard InChI is InChI=1S/C31H38N4O2/c1-2-3-20-35(31(32)37)28-17-11-10-16-27(28)30(36)33-23-24-18-21-34(22-19-24)29(25-12-6-4-7-13-25)26-14-8-5-9-15-26/h4-17,24,29H,2-3,18-23H2,1H3,(H2,32,37)(H,33,36). The minimum absolute atomic E-state index is 0.160. The molecule has 0 bridgehead atoms. The van der Waals surface area contributed by atoms with E-state index in [-0.39, 0.29) is 11.9 Å². The maximum Gasteiger partial charge on any atom is 0.319 e. The minimum atomic E-state index is -0.535. The molecule has 0 unspecified atom stereocenters. The van der Waals surface area contributed by atoms with Gasteiger partial charge in [0.15, 0.2) is 0 Å². The molecule has 1 aliphatic heterocycles. The molecule has 0 radical (unpaired) electrons. The number of hydrogen-bond acceptors (Lipinski definition) is 3. The van der Waals surface area contributed by atoms with Gasteiger partial charge in [0.2, 0.25) is 0 Å². The van der Waals surface area contributed by atoms with E-state index in [0.717, 1.165) is 38.8 Å². The van der Waals surface area contributed by atoms with Crippen LogP contribution in [0.2, 0.25) is 0 Å². The van der Waals surface area contributed by atoms with Gasteiger partial charge in [-0.15, -0.1) is 0 Å². The van der Waals surface area contributed by atoms with Crippen LogP contribution < -0.4 is 16.0 Å². The van der Waals surface area contributed by atoms with Gasteiger partial charge in [0.05, 0.1) is 17.3 Å². The van der Waals surface area contributed by atoms with Crippen LogP contribution in [0.5, 0.6) is 0 Å². The SMILES string of the molecule is CCCCN(C(N)=O)c1ccccc1C(=O)NCC1CCN(C(c2ccccc2)c2ccccc2)CC1. The van der Waals surface area contributed by atoms with Crippen LogP contribution in [0.15, 0.2) is 84.9 Å². The number of nitrogens with two attached hydrogens (primary N) is 1. The molecule has 0 aliphatic carbocycles. The third-order valence-electron chi connectivity index (χ3n) is 7.24. The number of urea groups is 1. The highest BCUT2D eigenvalue weighted by Gasteiger charge is 2.28. The number of carbonyl (C=O) groups excluding carboxylic acids is 2. The second-order valence-electron chi connectivity index (χ2n) is 9.77. The molecule has 1 fully saturated rings. The van der Waals surface area contributed by atoms with Gasteiger partial charge in [-0.2, -0.15) is 0 Å². The number of primary amides is 1. The topological polar surface area (TPSA) is 78.7 Å². The Morgan fingerprint density at radius 2 is 1.49 bits per heavy atom. The van der Waals surface area contributed by atoms with Crippen LogP contribution >= 0.6 is 0 Å². The molecule has 0 atom stereocenters. The van der Waals surface area contributed by atoms with Gasteiger partial charge in [-0.3, -0.25) is 14.6 Å². The van der Waals surface area contributed by atoms with E-state index in [1.165, 1.54) is 16.0 Å². The first-order chi connectivity index (χ1) is 18.1. The third-order valence-corrected chi connectivity index (χ3v) is 7.24. The maximum atomic E-state index is 13.2. The average molecular weight is 499 g/mol. The summed E-state index contributed by atoms with van der Waals surface area (Å²) in [6, 6.07) is 28.3. The zero-order valence-electron chi connectivity index (χ0n) is 21.7. The fourth-order valence-corrected chi connectivity index (χ4v) is 5.20. The molecular formula is C31H38N4O2. The first-order valence-corrected chi connectivity index (χ1v) is 13.4. The second-order valence-corrected chi connectivity index (χ2v) is 9.77. The number of hydrogen-bond donors (Lipinski definition) is 2. The zero-order chi connectivity index (χ0) is 26.0. The Hall–Kier alpha value is -3.64. The van der Waals surface area contributed by atoms with Gasteiger partial charge in [-0.05, 0) is 61.5 Å². The number of rotatable bonds is 10. The Labute approximate surface area is 220 Å². The Kier molecular flexibility index (Phi) is 9.33. The van der Waals surface area contributed by atoms with E-state index in [2.05, 4.69) is 77.8 Å². The van der Waals surface area contributed by atoms with Crippen molar-refractivity contribution in [2.75, 3.05) is 31.1 Å². The molecule has 3 N–H and O–H groups in total. The van der Waals surface area contributed by atoms with Crippen LogP contribution in [0.25, 0.3) is 0 Å². The van der Waals surface area contributed by atoms with Crippen molar-refractivity contribution in [1.82, 2.24) is 10.2 Å². The van der Waals surface area contributed by atoms with E-state index >= 15 is 0 Å². The van der Waals surface area contributed by atoms with E-state index < -0.39 is 6.03 Å². The number of nitrogens with one attached hydrogen (secondary N) is 1. The summed E-state index contributed by atoms with van der Waals surface area (Å²) in [7, 11) is 0. The smallest absolute Gasteiger partial charge is 0.319 e. The van der Waals surface area contributed by atoms with E-state index in [4.69, 9.17) is 5.73 Å². The molecule has 194 valence electrons. The van der Waals surface area contributed by atoms with E-state index in [0.29, 0.717) is 30.3 Å². The van der Waals surface area contributed by atoms with Gasteiger partial charge in [-0.1, -0.05) is 86.1 Å². The van der Waals surface area contributed by atoms with Crippen molar-refractivity contribution in [2.45, 2.75) is 38.6 Å². The first kappa shape index (κ1) is 26.4. The van der Waals surface area contributed by atoms with Crippen molar-refractivity contribution >= 4 is 17.6 Å². The fourth-order valence-electron chi connectivity index (χ4n) is 5.20. The number of anilines is 1. The number of carbonyl (C=O) groups is 2. The van der Waals surface area contributed by atoms with Crippen molar-refractivity contribution in [3.05, 3.63) is 102 Å². The summed E-state index contributed by atoms with van der Waals surface area (Å²) in [5, 5.41) is 3.13. The van der Waals surface area contributed by atoms with Crippen molar-refractivity contribution < 1.29 is 9.59 Å². The molecule has 0 spiro atoms. The predicted octanol–water partition coefficient (Wildman–Crippen LogP) is 5.60. The molecule has 0 aromatic heterocycles. The third kappa shape index (κ3) is 6.77. The van der Waals surface area contributed by atoms with Crippen molar-refractivity contribution in [3.63, 3.8) is 0 Å². The van der Waals surface area contributed by atoms with Crippen molar-refractivity contribution in [1.29, 1.82) is 0 Å². The van der Waals surface area contributed by atoms with E-state index in [1.807, 2.05) is 12.1 Å². The molecule has 0 saturated carbocycles. The number of benzene rings is 3. The van der Waals surface area contributed by atoms with Crippen molar-refractivity contribution in [2.24, 2.45) is 11.7 Å². The molecule has 3 amide bonds. The Bertz CT molecular complexity index is 1100. The molecular weight excluding hydrogens is 460 g/mol. The van der Waals surface area contributed by atoms with Crippen LogP contribution in [0, 0.1) is 5.92 Å². The minimum Gasteiger partial charge on any atom is -0.352 e. The molecule has 1 aliphatic rings. The molecule has 3 aromatic carbocycles. The lowest BCUT2D eigenvalue weighted by Crippen LogP contribution is -2.41. The summed E-state index contributed by atoms with van der Waals surface area (Å²) in [6.07, 6.45) is 3.79. The highest BCUT2D eigenvalue weighted by Crippen LogP contribution is 2.32. The first-order valence-electron chi connectivity index (χ1n) is 13.4. The number of para-hydroxylation sites is 1. The Balaban J connectivity index is 1.38. The van der Waals surface area contributed by atoms with Crippen LogP contribution in [0.4, 0.5) is 10.5 Å². The molecule has 1 saturated heterocycles. The Morgan fingerprint density at radius 3 is 2.05 bits per heavy atom. The van der Waals surface area contributed by atoms with Crippen molar-refractivity contribution in [3.8, 4) is 0 Å². The summed E-state index contributed by atoms with van der Waals surface area (Å²) in [5.74, 6) is 0.249. The normalized spacial score (nSPS) is 14.4. The van der Waals surface area contributed by atoms with Gasteiger partial charge in [0.25, 0.3) is 5.91 Å². The highest BCUT2D eigenvalue weighted by molar-refractivity contribution is 6.04. The lowest BCUT2D eigenvalue weighted by Gasteiger charge is -2.38. The zero-order valence-corrected chi connectivity index (χ0v) is 21.7. The van der Waals surface area contributed by atoms with Gasteiger partial charge >= 0.3 is 6.03 Å². The largest absolute Gasteiger partial charge is 0.352 e. The van der Waals surface area contributed by atoms with Crippen LogP contribution in [-0.2, 0) is 0 Å². The molecule has 37 heavy (non-hydrogen) atoms. The molecule has 1 heterocycles. The van der Waals surface area contributed by atoms with Gasteiger partial charge in [-0.25, -0.2) is 4.79 Å². The van der Waals surface area contributed by atoms with Gasteiger partial charge in [0, 0.05) is 13.1 Å². The van der Waals surface area contributed by atoms with E-state index in [1.54, 1.807) is 12.1 Å². The second kappa shape index (κ2) is 13.1. The lowest BCUT2D eigenvalue weighted by molar-refractivity contribution is 0.0931. The summed E-state index contributed by atoms with van der Waals surface area (Å²) >= 11 is 0. The van der Waals surface area contributed by atoms with Gasteiger partial charge < -0.3 is 11.1 Å². The summed E-state index contributed by atoms with van der Waals surface area (Å²) in [6.45, 7) is 5.12. The quantitative estimate of drug-likeness (QED) is 0.382. The predicted molar refractivity (Wildman–Crippen MR) is 150 cm³/mol. The summed E-state index contributed by atoms with van der Waals surface area (Å²) < 4.78 is 0. The Morgan fingerprint density at radius 1 is 0.919 bits per heavy atom. The molecule has 3 aromatic rings. The lowest BCUT2D eigenvalue weighted by atomic mass is 9.91. The summed E-state index contributed by atoms with van der Waals surface area (Å²) in [4.78, 5) is 29.3. The summed E-state index contributed by atoms with van der Waals surface area (Å²) in [5.41, 5.74) is 9.31. The number of unbranched alkanes of at least 4 members (excludes halogenated alkanes) is 1. The highest BCUT2D eigenvalue weighted by atomic mass is 16.2. The number of nitrogens with zero attached hydrogens (tertiary/aromatic N) is 2. The fraction of sp³-hybridized carbons (Fsp3) is 0.355. The molecule has 6 nitrogen and oxygen atoms in total. The molecule has 6 heteroatoms. The van der Waals surface area contributed by atoms with Crippen LogP contribution in [-0.4, -0.2) is 43.0 Å². The van der Waals surface area contributed by atoms with Gasteiger partial charge in [0.1, 0.15) is 0 Å². The monoisotopic (exact) mass is 498 g/mol. The number of amides is 3. The van der Waals surface area contributed by atoms with Crippen LogP contribution in [0.1, 0.15) is 60.1 Å². The van der Waals surface area contributed by atoms with E-state index in [9.17, 15) is 9.59 Å². The number of likely N-dealkylation sites (tertiary alicyclic amines) is 1. The molecule has 4 rings (SSSR count).